The molecule has 0 aromatic heterocycles. The lowest BCUT2D eigenvalue weighted by Gasteiger charge is -2.38. The molecule has 0 unspecified atom stereocenters. The Hall–Kier alpha value is -3.35. The zero-order valence-electron chi connectivity index (χ0n) is 20.1. The van der Waals surface area contributed by atoms with Gasteiger partial charge in [0, 0.05) is 44.8 Å². The minimum absolute atomic E-state index is 0.151. The number of piperazine rings is 1. The van der Waals surface area contributed by atoms with Gasteiger partial charge in [0.05, 0.1) is 22.2 Å². The van der Waals surface area contributed by atoms with Crippen LogP contribution in [0.3, 0.4) is 0 Å². The molecular weight excluding hydrogens is 520 g/mol. The molecule has 2 aliphatic heterocycles. The average Bonchev–Trinajstić information content (AvgIpc) is 2.92. The Morgan fingerprint density at radius 2 is 1.78 bits per heavy atom. The Bertz CT molecular complexity index is 1300. The first-order valence-electron chi connectivity index (χ1n) is 11.8. The normalized spacial score (nSPS) is 17.8. The van der Waals surface area contributed by atoms with E-state index in [1.807, 2.05) is 0 Å². The maximum atomic E-state index is 12.9. The molecule has 1 saturated heterocycles. The molecule has 1 fully saturated rings. The number of carboxylic acid groups (broad SMARTS) is 1. The maximum absolute atomic E-state index is 12.9. The second-order valence-corrected chi connectivity index (χ2v) is 11.4. The Morgan fingerprint density at radius 3 is 2.38 bits per heavy atom. The van der Waals surface area contributed by atoms with E-state index < -0.39 is 33.1 Å². The van der Waals surface area contributed by atoms with Crippen molar-refractivity contribution in [2.45, 2.75) is 16.2 Å². The van der Waals surface area contributed by atoms with Crippen LogP contribution in [0.25, 0.3) is 0 Å². The Kier molecular flexibility index (Phi) is 7.90. The highest BCUT2D eigenvalue weighted by Crippen LogP contribution is 2.28. The number of nitrogens with zero attached hydrogens (tertiary/aromatic N) is 3. The number of carboxylic acids is 1. The first kappa shape index (κ1) is 26.7. The van der Waals surface area contributed by atoms with E-state index in [4.69, 9.17) is 17.3 Å². The summed E-state index contributed by atoms with van der Waals surface area (Å²) in [6, 6.07) is 11.7. The van der Waals surface area contributed by atoms with Crippen molar-refractivity contribution in [3.05, 3.63) is 59.1 Å². The van der Waals surface area contributed by atoms with Gasteiger partial charge in [0.25, 0.3) is 5.91 Å². The molecule has 11 nitrogen and oxygen atoms in total. The second-order valence-electron chi connectivity index (χ2n) is 8.82. The van der Waals surface area contributed by atoms with E-state index in [0.29, 0.717) is 5.02 Å². The summed E-state index contributed by atoms with van der Waals surface area (Å²) in [7, 11) is -4.51. The van der Waals surface area contributed by atoms with Crippen molar-refractivity contribution >= 4 is 45.0 Å². The van der Waals surface area contributed by atoms with Crippen LogP contribution in [0.15, 0.2) is 58.4 Å². The number of benzene rings is 2. The summed E-state index contributed by atoms with van der Waals surface area (Å²) in [6.07, 6.45) is 1.03. The molecule has 0 aliphatic carbocycles. The van der Waals surface area contributed by atoms with Crippen LogP contribution in [-0.4, -0.2) is 86.9 Å². The van der Waals surface area contributed by atoms with Crippen LogP contribution >= 0.6 is 11.6 Å². The minimum Gasteiger partial charge on any atom is -0.479 e. The van der Waals surface area contributed by atoms with Crippen LogP contribution < -0.4 is 21.3 Å². The van der Waals surface area contributed by atoms with Gasteiger partial charge in [-0.25, -0.2) is 13.2 Å². The molecule has 5 N–H and O–H groups in total. The molecular formula is C24H29ClN6O5S. The SMILES string of the molecule is N[C@](CNC(=O)c1ccc(N2CCN(C3=NCCCN3)CC2)c(Cl)c1)(C(=O)O)S(=O)(=O)c1ccccc1. The number of guanidine groups is 1. The van der Waals surface area contributed by atoms with E-state index in [-0.39, 0.29) is 10.5 Å². The van der Waals surface area contributed by atoms with Crippen LogP contribution in [0, 0.1) is 0 Å². The molecule has 2 heterocycles. The topological polar surface area (TPSA) is 157 Å². The summed E-state index contributed by atoms with van der Waals surface area (Å²) in [6.45, 7) is 3.90. The molecule has 0 saturated carbocycles. The molecule has 2 aromatic carbocycles. The third-order valence-electron chi connectivity index (χ3n) is 6.42. The lowest BCUT2D eigenvalue weighted by Crippen LogP contribution is -2.61. The monoisotopic (exact) mass is 548 g/mol. The second kappa shape index (κ2) is 11.0. The molecule has 1 amide bonds. The molecule has 37 heavy (non-hydrogen) atoms. The number of hydrogen-bond acceptors (Lipinski definition) is 9. The number of sulfone groups is 1. The number of hydrogen-bond donors (Lipinski definition) is 4. The van der Waals surface area contributed by atoms with Crippen LogP contribution in [-0.2, 0) is 14.6 Å². The van der Waals surface area contributed by atoms with Crippen LogP contribution in [0.4, 0.5) is 5.69 Å². The van der Waals surface area contributed by atoms with Gasteiger partial charge >= 0.3 is 5.97 Å². The molecule has 0 radical (unpaired) electrons. The minimum atomic E-state index is -4.51. The zero-order chi connectivity index (χ0) is 26.6. The number of rotatable bonds is 7. The summed E-state index contributed by atoms with van der Waals surface area (Å²) in [5, 5.41) is 15.7. The van der Waals surface area contributed by atoms with E-state index in [0.717, 1.165) is 57.3 Å². The van der Waals surface area contributed by atoms with E-state index in [1.165, 1.54) is 30.3 Å². The van der Waals surface area contributed by atoms with Gasteiger partial charge in [-0.2, -0.15) is 0 Å². The summed E-state index contributed by atoms with van der Waals surface area (Å²) in [4.78, 5) is 30.5. The van der Waals surface area contributed by atoms with Crippen molar-refractivity contribution in [3.63, 3.8) is 0 Å². The number of aliphatic imine (C=N–C) groups is 1. The predicted octanol–water partition coefficient (Wildman–Crippen LogP) is 0.755. The molecule has 198 valence electrons. The highest BCUT2D eigenvalue weighted by molar-refractivity contribution is 7.93. The van der Waals surface area contributed by atoms with Gasteiger partial charge in [0.15, 0.2) is 5.96 Å². The summed E-state index contributed by atoms with van der Waals surface area (Å²) < 4.78 is 25.9. The zero-order valence-corrected chi connectivity index (χ0v) is 21.6. The summed E-state index contributed by atoms with van der Waals surface area (Å²) >= 11 is 6.50. The highest BCUT2D eigenvalue weighted by atomic mass is 35.5. The number of carbonyl (C=O) groups is 2. The van der Waals surface area contributed by atoms with Crippen LogP contribution in [0.2, 0.25) is 5.02 Å². The first-order valence-corrected chi connectivity index (χ1v) is 13.7. The molecule has 2 aliphatic rings. The molecule has 13 heteroatoms. The van der Waals surface area contributed by atoms with Gasteiger partial charge in [-0.1, -0.05) is 29.8 Å². The number of halogens is 1. The fourth-order valence-electron chi connectivity index (χ4n) is 4.20. The van der Waals surface area contributed by atoms with E-state index in [9.17, 15) is 23.1 Å². The van der Waals surface area contributed by atoms with Crippen molar-refractivity contribution in [3.8, 4) is 0 Å². The molecule has 0 spiro atoms. The van der Waals surface area contributed by atoms with Gasteiger partial charge in [-0.05, 0) is 36.8 Å². The predicted molar refractivity (Wildman–Crippen MR) is 141 cm³/mol. The number of aliphatic carboxylic acids is 1. The van der Waals surface area contributed by atoms with Gasteiger partial charge in [-0.3, -0.25) is 9.79 Å². The Balaban J connectivity index is 1.42. The summed E-state index contributed by atoms with van der Waals surface area (Å²) in [5.41, 5.74) is 6.76. The Labute approximate surface area is 220 Å². The quantitative estimate of drug-likeness (QED) is 0.392. The largest absolute Gasteiger partial charge is 0.479 e. The van der Waals surface area contributed by atoms with Gasteiger partial charge in [-0.15, -0.1) is 0 Å². The van der Waals surface area contributed by atoms with Crippen LogP contribution in [0.5, 0.6) is 0 Å². The molecule has 0 bridgehead atoms. The molecule has 1 atom stereocenters. The first-order chi connectivity index (χ1) is 17.6. The van der Waals surface area contributed by atoms with Gasteiger partial charge in [0.1, 0.15) is 0 Å². The van der Waals surface area contributed by atoms with Crippen molar-refractivity contribution in [1.29, 1.82) is 0 Å². The fraction of sp³-hybridized carbons (Fsp3) is 0.375. The smallest absolute Gasteiger partial charge is 0.341 e. The lowest BCUT2D eigenvalue weighted by atomic mass is 10.1. The van der Waals surface area contributed by atoms with E-state index in [1.54, 1.807) is 18.2 Å². The number of nitrogens with two attached hydrogens (primary N) is 1. The lowest BCUT2D eigenvalue weighted by molar-refractivity contribution is -0.139. The number of anilines is 1. The Morgan fingerprint density at radius 1 is 1.11 bits per heavy atom. The van der Waals surface area contributed by atoms with Crippen molar-refractivity contribution in [1.82, 2.24) is 15.5 Å². The van der Waals surface area contributed by atoms with Crippen molar-refractivity contribution in [2.24, 2.45) is 10.7 Å². The highest BCUT2D eigenvalue weighted by Gasteiger charge is 2.49. The fourth-order valence-corrected chi connectivity index (χ4v) is 5.93. The average molecular weight is 549 g/mol. The third kappa shape index (κ3) is 5.50. The maximum Gasteiger partial charge on any atom is 0.341 e. The van der Waals surface area contributed by atoms with E-state index >= 15 is 0 Å². The standard InChI is InChI=1S/C24H29ClN6O5S/c25-19-15-17(7-8-20(19)30-11-13-31(14-12-30)23-27-9-4-10-28-23)21(32)29-16-24(26,22(33)34)37(35,36)18-5-2-1-3-6-18/h1-3,5-8,15H,4,9-14,16,26H2,(H,27,28)(H,29,32)(H,33,34)/t24-/m0/s1. The van der Waals surface area contributed by atoms with E-state index in [2.05, 4.69) is 25.4 Å². The summed E-state index contributed by atoms with van der Waals surface area (Å²) in [5.74, 6) is -1.55. The van der Waals surface area contributed by atoms with Gasteiger partial charge < -0.3 is 31.3 Å². The number of amides is 1. The van der Waals surface area contributed by atoms with Gasteiger partial charge in [0.2, 0.25) is 14.7 Å². The van der Waals surface area contributed by atoms with Crippen molar-refractivity contribution < 1.29 is 23.1 Å². The molecule has 2 aromatic rings. The third-order valence-corrected chi connectivity index (χ3v) is 8.89. The number of nitrogens with one attached hydrogen (secondary N) is 2. The van der Waals surface area contributed by atoms with Crippen LogP contribution in [0.1, 0.15) is 16.8 Å². The molecule has 4 rings (SSSR count). The number of carbonyl (C=O) groups excluding carboxylic acids is 1. The van der Waals surface area contributed by atoms with Crippen molar-refractivity contribution in [2.75, 3.05) is 50.7 Å².